The number of carboxylic acids is 1. The van der Waals surface area contributed by atoms with Crippen LogP contribution in [0.15, 0.2) is 53.1 Å². The van der Waals surface area contributed by atoms with Crippen LogP contribution in [0.25, 0.3) is 11.1 Å². The molecule has 0 aliphatic carbocycles. The van der Waals surface area contributed by atoms with Gasteiger partial charge in [0.25, 0.3) is 5.89 Å². The second-order valence-corrected chi connectivity index (χ2v) is 10.1. The molecule has 0 saturated heterocycles. The summed E-state index contributed by atoms with van der Waals surface area (Å²) in [5.74, 6) is -3.08. The van der Waals surface area contributed by atoms with Gasteiger partial charge in [0, 0.05) is 17.0 Å². The molecule has 0 bridgehead atoms. The van der Waals surface area contributed by atoms with Gasteiger partial charge in [-0.3, -0.25) is 9.59 Å². The minimum atomic E-state index is -1.25. The Morgan fingerprint density at radius 3 is 2.39 bits per heavy atom. The van der Waals surface area contributed by atoms with Crippen molar-refractivity contribution in [2.75, 3.05) is 0 Å². The molecular weight excluding hydrogens is 513 g/mol. The van der Waals surface area contributed by atoms with Crippen molar-refractivity contribution in [3.63, 3.8) is 0 Å². The molecule has 4 N–H and O–H groups in total. The molecule has 3 rings (SSSR count). The van der Waals surface area contributed by atoms with Crippen LogP contribution in [0.2, 0.25) is 5.02 Å². The molecule has 3 aromatic rings. The number of nitrogens with one attached hydrogen (secondary N) is 1. The summed E-state index contributed by atoms with van der Waals surface area (Å²) in [5.41, 5.74) is 8.00. The minimum absolute atomic E-state index is 0.0258. The maximum Gasteiger partial charge on any atom is 0.326 e. The first-order valence-electron chi connectivity index (χ1n) is 12.3. The fraction of sp³-hybridized carbons (Fsp3) is 0.357. The molecule has 1 amide bonds. The first kappa shape index (κ1) is 29.0. The van der Waals surface area contributed by atoms with Crippen molar-refractivity contribution in [3.8, 4) is 11.1 Å². The molecule has 10 heteroatoms. The van der Waals surface area contributed by atoms with E-state index in [9.17, 15) is 23.9 Å². The molecule has 1 heterocycles. The Morgan fingerprint density at radius 2 is 1.82 bits per heavy atom. The number of halogens is 2. The molecule has 38 heavy (non-hydrogen) atoms. The van der Waals surface area contributed by atoms with Gasteiger partial charge in [-0.1, -0.05) is 49.7 Å². The minimum Gasteiger partial charge on any atom is -0.480 e. The second kappa shape index (κ2) is 12.8. The van der Waals surface area contributed by atoms with Gasteiger partial charge in [0.15, 0.2) is 0 Å². The molecule has 0 aliphatic rings. The molecule has 0 unspecified atom stereocenters. The van der Waals surface area contributed by atoms with Gasteiger partial charge >= 0.3 is 5.97 Å². The van der Waals surface area contributed by atoms with E-state index in [2.05, 4.69) is 10.3 Å². The van der Waals surface area contributed by atoms with Gasteiger partial charge in [-0.05, 0) is 60.9 Å². The number of Topliss-reactive ketones (excluding diaryl/α,β-unsaturated/α-hetero) is 1. The Hall–Kier alpha value is -3.56. The van der Waals surface area contributed by atoms with Gasteiger partial charge in [-0.15, -0.1) is 0 Å². The van der Waals surface area contributed by atoms with Gasteiger partial charge in [0.05, 0.1) is 11.7 Å². The lowest BCUT2D eigenvalue weighted by Crippen LogP contribution is -2.48. The Morgan fingerprint density at radius 1 is 1.13 bits per heavy atom. The average molecular weight is 544 g/mol. The maximum absolute atomic E-state index is 14.3. The monoisotopic (exact) mass is 543 g/mol. The zero-order valence-corrected chi connectivity index (χ0v) is 22.2. The summed E-state index contributed by atoms with van der Waals surface area (Å²) < 4.78 is 19.7. The van der Waals surface area contributed by atoms with Crippen molar-refractivity contribution in [1.82, 2.24) is 10.3 Å². The number of carbonyl (C=O) groups is 3. The number of benzene rings is 2. The van der Waals surface area contributed by atoms with E-state index in [1.807, 2.05) is 13.8 Å². The molecule has 1 aromatic heterocycles. The van der Waals surface area contributed by atoms with Crippen LogP contribution in [0.3, 0.4) is 0 Å². The van der Waals surface area contributed by atoms with Gasteiger partial charge < -0.3 is 20.6 Å². The smallest absolute Gasteiger partial charge is 0.326 e. The number of hydrogen-bond donors (Lipinski definition) is 3. The van der Waals surface area contributed by atoms with E-state index >= 15 is 0 Å². The standard InChI is InChI=1S/C28H31ClFN3O5/c1-15(2)24-14-38-27(33-24)25(34)12-18(11-23(28(36)37)32-26(35)16(3)31)10-17-4-6-19(7-5-17)21-13-20(29)8-9-22(21)30/h4-9,13-16,18,23H,10-12,31H2,1-3H3,(H,32,35)(H,36,37)/t16-,18-,23-/m1/s1. The topological polar surface area (TPSA) is 136 Å². The van der Waals surface area contributed by atoms with Crippen LogP contribution in [-0.2, 0) is 16.0 Å². The second-order valence-electron chi connectivity index (χ2n) is 9.67. The predicted octanol–water partition coefficient (Wildman–Crippen LogP) is 5.00. The number of ketones is 1. The van der Waals surface area contributed by atoms with E-state index in [4.69, 9.17) is 21.8 Å². The largest absolute Gasteiger partial charge is 0.480 e. The number of aromatic nitrogens is 1. The van der Waals surface area contributed by atoms with Crippen LogP contribution < -0.4 is 11.1 Å². The maximum atomic E-state index is 14.3. The van der Waals surface area contributed by atoms with Crippen LogP contribution in [-0.4, -0.2) is 39.8 Å². The van der Waals surface area contributed by atoms with Gasteiger partial charge in [0.1, 0.15) is 18.1 Å². The molecule has 3 atom stereocenters. The molecule has 0 aliphatic heterocycles. The van der Waals surface area contributed by atoms with Crippen molar-refractivity contribution in [3.05, 3.63) is 76.7 Å². The summed E-state index contributed by atoms with van der Waals surface area (Å²) in [7, 11) is 0. The summed E-state index contributed by atoms with van der Waals surface area (Å²) in [6.07, 6.45) is 1.67. The summed E-state index contributed by atoms with van der Waals surface area (Å²) >= 11 is 6.02. The SMILES string of the molecule is CC(C)c1coc(C(=O)C[C@H](Cc2ccc(-c3cc(Cl)ccc3F)cc2)C[C@@H](NC(=O)[C@@H](C)N)C(=O)O)n1. The zero-order valence-electron chi connectivity index (χ0n) is 21.4. The van der Waals surface area contributed by atoms with E-state index in [0.29, 0.717) is 28.3 Å². The Labute approximate surface area is 225 Å². The number of amides is 1. The fourth-order valence-corrected chi connectivity index (χ4v) is 4.17. The quantitative estimate of drug-likeness (QED) is 0.274. The van der Waals surface area contributed by atoms with Crippen molar-refractivity contribution in [2.45, 2.75) is 58.0 Å². The highest BCUT2D eigenvalue weighted by Crippen LogP contribution is 2.28. The van der Waals surface area contributed by atoms with Crippen molar-refractivity contribution in [1.29, 1.82) is 0 Å². The van der Waals surface area contributed by atoms with Gasteiger partial charge in [-0.2, -0.15) is 0 Å². The zero-order chi connectivity index (χ0) is 28.0. The lowest BCUT2D eigenvalue weighted by Gasteiger charge is -2.22. The van der Waals surface area contributed by atoms with E-state index in [1.54, 1.807) is 24.3 Å². The van der Waals surface area contributed by atoms with Gasteiger partial charge in [-0.25, -0.2) is 14.2 Å². The Kier molecular flexibility index (Phi) is 9.77. The number of aliphatic carboxylic acids is 1. The molecular formula is C28H31ClFN3O5. The van der Waals surface area contributed by atoms with E-state index in [1.165, 1.54) is 31.4 Å². The van der Waals surface area contributed by atoms with Crippen LogP contribution in [0.4, 0.5) is 4.39 Å². The molecule has 0 saturated carbocycles. The number of hydrogen-bond acceptors (Lipinski definition) is 6. The van der Waals surface area contributed by atoms with Crippen LogP contribution in [0.5, 0.6) is 0 Å². The summed E-state index contributed by atoms with van der Waals surface area (Å²) in [6.45, 7) is 5.30. The third-order valence-corrected chi connectivity index (χ3v) is 6.38. The lowest BCUT2D eigenvalue weighted by atomic mass is 9.87. The van der Waals surface area contributed by atoms with Crippen molar-refractivity contribution < 1.29 is 28.3 Å². The fourth-order valence-electron chi connectivity index (χ4n) is 4.00. The van der Waals surface area contributed by atoms with Crippen LogP contribution >= 0.6 is 11.6 Å². The van der Waals surface area contributed by atoms with Crippen LogP contribution in [0.1, 0.15) is 61.5 Å². The summed E-state index contributed by atoms with van der Waals surface area (Å²) in [6, 6.07) is 9.20. The summed E-state index contributed by atoms with van der Waals surface area (Å²) in [4.78, 5) is 41.3. The van der Waals surface area contributed by atoms with Crippen molar-refractivity contribution in [2.24, 2.45) is 11.7 Å². The molecule has 0 fully saturated rings. The Bertz CT molecular complexity index is 1290. The first-order chi connectivity index (χ1) is 17.9. The molecule has 0 radical (unpaired) electrons. The third-order valence-electron chi connectivity index (χ3n) is 6.14. The number of carbonyl (C=O) groups excluding carboxylic acids is 2. The number of rotatable bonds is 12. The predicted molar refractivity (Wildman–Crippen MR) is 141 cm³/mol. The lowest BCUT2D eigenvalue weighted by molar-refractivity contribution is -0.142. The third kappa shape index (κ3) is 7.72. The van der Waals surface area contributed by atoms with Gasteiger partial charge in [0.2, 0.25) is 11.7 Å². The highest BCUT2D eigenvalue weighted by molar-refractivity contribution is 6.30. The van der Waals surface area contributed by atoms with E-state index in [-0.39, 0.29) is 30.4 Å². The molecule has 202 valence electrons. The molecule has 2 aromatic carbocycles. The van der Waals surface area contributed by atoms with E-state index in [0.717, 1.165) is 5.56 Å². The highest BCUT2D eigenvalue weighted by atomic mass is 35.5. The average Bonchev–Trinajstić information content (AvgIpc) is 3.36. The highest BCUT2D eigenvalue weighted by Gasteiger charge is 2.28. The number of nitrogens with zero attached hydrogens (tertiary/aromatic N) is 1. The van der Waals surface area contributed by atoms with E-state index < -0.39 is 35.7 Å². The van der Waals surface area contributed by atoms with Crippen molar-refractivity contribution >= 4 is 29.3 Å². The normalized spacial score (nSPS) is 13.7. The molecule has 8 nitrogen and oxygen atoms in total. The summed E-state index contributed by atoms with van der Waals surface area (Å²) in [5, 5.41) is 12.6. The number of oxazole rings is 1. The first-order valence-corrected chi connectivity index (χ1v) is 12.6. The van der Waals surface area contributed by atoms with Crippen LogP contribution in [0, 0.1) is 11.7 Å². The number of carboxylic acid groups (broad SMARTS) is 1. The Balaban J connectivity index is 1.84. The molecule has 0 spiro atoms. The number of nitrogens with two attached hydrogens (primary N) is 1.